The van der Waals surface area contributed by atoms with Crippen LogP contribution in [-0.4, -0.2) is 36.7 Å². The van der Waals surface area contributed by atoms with E-state index in [0.717, 1.165) is 29.8 Å². The van der Waals surface area contributed by atoms with Crippen molar-refractivity contribution in [1.82, 2.24) is 9.29 Å². The van der Waals surface area contributed by atoms with Gasteiger partial charge in [-0.1, -0.05) is 42.3 Å². The van der Waals surface area contributed by atoms with Gasteiger partial charge in [-0.2, -0.15) is 4.31 Å². The summed E-state index contributed by atoms with van der Waals surface area (Å²) in [6, 6.07) is 13.8. The second-order valence-corrected chi connectivity index (χ2v) is 10.5. The molecule has 0 bridgehead atoms. The fourth-order valence-corrected chi connectivity index (χ4v) is 6.21. The maximum absolute atomic E-state index is 12.9. The van der Waals surface area contributed by atoms with Crippen LogP contribution in [0.2, 0.25) is 5.02 Å². The van der Waals surface area contributed by atoms with Gasteiger partial charge in [-0.05, 0) is 37.1 Å². The first-order valence-electron chi connectivity index (χ1n) is 10.0. The van der Waals surface area contributed by atoms with Gasteiger partial charge in [-0.25, -0.2) is 13.4 Å². The smallest absolute Gasteiger partial charge is 0.243 e. The zero-order chi connectivity index (χ0) is 21.8. The van der Waals surface area contributed by atoms with Crippen LogP contribution < -0.4 is 5.32 Å². The Kier molecular flexibility index (Phi) is 6.71. The summed E-state index contributed by atoms with van der Waals surface area (Å²) >= 11 is 7.65. The highest BCUT2D eigenvalue weighted by Crippen LogP contribution is 2.30. The number of rotatable bonds is 6. The summed E-state index contributed by atoms with van der Waals surface area (Å²) in [5, 5.41) is 5.98. The van der Waals surface area contributed by atoms with E-state index < -0.39 is 10.0 Å². The molecule has 0 radical (unpaired) electrons. The Balaban J connectivity index is 1.44. The van der Waals surface area contributed by atoms with Gasteiger partial charge in [0.25, 0.3) is 0 Å². The fourth-order valence-electron chi connectivity index (χ4n) is 3.50. The molecule has 2 heterocycles. The van der Waals surface area contributed by atoms with E-state index in [4.69, 9.17) is 11.6 Å². The molecule has 1 saturated heterocycles. The van der Waals surface area contributed by atoms with Crippen molar-refractivity contribution in [3.63, 3.8) is 0 Å². The summed E-state index contributed by atoms with van der Waals surface area (Å²) in [6.07, 6.45) is 2.89. The quantitative estimate of drug-likeness (QED) is 0.554. The predicted molar refractivity (Wildman–Crippen MR) is 124 cm³/mol. The summed E-state index contributed by atoms with van der Waals surface area (Å²) in [4.78, 5) is 17.2. The van der Waals surface area contributed by atoms with Crippen LogP contribution in [-0.2, 0) is 21.2 Å². The van der Waals surface area contributed by atoms with E-state index in [9.17, 15) is 13.2 Å². The van der Waals surface area contributed by atoms with Crippen LogP contribution in [0.4, 0.5) is 5.69 Å². The van der Waals surface area contributed by atoms with E-state index in [1.165, 1.54) is 21.7 Å². The number of carbonyl (C=O) groups is 1. The summed E-state index contributed by atoms with van der Waals surface area (Å²) in [7, 11) is -3.55. The molecule has 3 aromatic rings. The van der Waals surface area contributed by atoms with E-state index in [1.54, 1.807) is 24.3 Å². The Bertz CT molecular complexity index is 1190. The fraction of sp³-hybridized carbons (Fsp3) is 0.273. The molecule has 0 spiro atoms. The van der Waals surface area contributed by atoms with E-state index in [-0.39, 0.29) is 17.2 Å². The summed E-state index contributed by atoms with van der Waals surface area (Å²) in [5.74, 6) is -0.261. The van der Waals surface area contributed by atoms with Crippen LogP contribution in [0.15, 0.2) is 58.8 Å². The van der Waals surface area contributed by atoms with E-state index in [2.05, 4.69) is 10.3 Å². The normalized spacial score (nSPS) is 15.0. The number of nitrogens with one attached hydrogen (secondary N) is 1. The van der Waals surface area contributed by atoms with Crippen molar-refractivity contribution in [3.05, 3.63) is 64.6 Å². The van der Waals surface area contributed by atoms with Gasteiger partial charge in [0.15, 0.2) is 0 Å². The molecule has 1 aliphatic heterocycles. The van der Waals surface area contributed by atoms with E-state index in [1.807, 2.05) is 23.6 Å². The molecule has 1 N–H and O–H groups in total. The zero-order valence-corrected chi connectivity index (χ0v) is 19.1. The molecule has 4 rings (SSSR count). The molecular formula is C22H22ClN3O3S2. The van der Waals surface area contributed by atoms with Gasteiger partial charge in [0.1, 0.15) is 5.01 Å². The minimum absolute atomic E-state index is 0.0874. The molecule has 1 aromatic heterocycles. The van der Waals surface area contributed by atoms with Crippen LogP contribution in [0.25, 0.3) is 10.6 Å². The second-order valence-electron chi connectivity index (χ2n) is 7.34. The van der Waals surface area contributed by atoms with Gasteiger partial charge < -0.3 is 5.32 Å². The van der Waals surface area contributed by atoms with Crippen LogP contribution in [0.5, 0.6) is 0 Å². The Morgan fingerprint density at radius 2 is 1.87 bits per heavy atom. The number of amides is 1. The molecule has 0 aliphatic carbocycles. The maximum atomic E-state index is 12.9. The number of thiazole rings is 1. The number of halogens is 1. The van der Waals surface area contributed by atoms with Crippen LogP contribution in [0.1, 0.15) is 25.0 Å². The van der Waals surface area contributed by atoms with Crippen LogP contribution in [0.3, 0.4) is 0 Å². The van der Waals surface area contributed by atoms with Gasteiger partial charge in [-0.15, -0.1) is 11.3 Å². The third-order valence-corrected chi connectivity index (χ3v) is 8.22. The van der Waals surface area contributed by atoms with Crippen molar-refractivity contribution in [2.75, 3.05) is 18.4 Å². The van der Waals surface area contributed by atoms with Crippen molar-refractivity contribution in [2.24, 2.45) is 0 Å². The van der Waals surface area contributed by atoms with Gasteiger partial charge in [0.2, 0.25) is 15.9 Å². The standard InChI is InChI=1S/C22H22ClN3O3S2/c23-20-10-3-2-9-19(20)22-25-17(15-30-22)14-21(27)24-16-7-6-8-18(13-16)31(28,29)26-11-4-1-5-12-26/h2-3,6-10,13,15H,1,4-5,11-12,14H2,(H,24,27). The Morgan fingerprint density at radius 1 is 1.10 bits per heavy atom. The Hall–Kier alpha value is -2.26. The second kappa shape index (κ2) is 9.48. The number of anilines is 1. The summed E-state index contributed by atoms with van der Waals surface area (Å²) in [5.41, 5.74) is 1.91. The molecule has 9 heteroatoms. The van der Waals surface area contributed by atoms with Crippen molar-refractivity contribution < 1.29 is 13.2 Å². The highest BCUT2D eigenvalue weighted by Gasteiger charge is 2.26. The van der Waals surface area contributed by atoms with Crippen molar-refractivity contribution in [2.45, 2.75) is 30.6 Å². The molecule has 0 unspecified atom stereocenters. The molecule has 2 aromatic carbocycles. The maximum Gasteiger partial charge on any atom is 0.243 e. The van der Waals surface area contributed by atoms with Gasteiger partial charge in [0.05, 0.1) is 22.0 Å². The molecule has 1 aliphatic rings. The Labute approximate surface area is 190 Å². The number of carbonyl (C=O) groups excluding carboxylic acids is 1. The van der Waals surface area contributed by atoms with Gasteiger partial charge >= 0.3 is 0 Å². The number of sulfonamides is 1. The summed E-state index contributed by atoms with van der Waals surface area (Å²) in [6.45, 7) is 1.08. The topological polar surface area (TPSA) is 79.4 Å². The summed E-state index contributed by atoms with van der Waals surface area (Å²) < 4.78 is 27.3. The lowest BCUT2D eigenvalue weighted by Gasteiger charge is -2.26. The number of hydrogen-bond acceptors (Lipinski definition) is 5. The molecule has 6 nitrogen and oxygen atoms in total. The average molecular weight is 476 g/mol. The van der Waals surface area contributed by atoms with Crippen molar-refractivity contribution in [3.8, 4) is 10.6 Å². The lowest BCUT2D eigenvalue weighted by atomic mass is 10.2. The van der Waals surface area contributed by atoms with Gasteiger partial charge in [-0.3, -0.25) is 4.79 Å². The number of aromatic nitrogens is 1. The third kappa shape index (κ3) is 5.15. The molecule has 1 amide bonds. The third-order valence-electron chi connectivity index (χ3n) is 5.07. The van der Waals surface area contributed by atoms with E-state index >= 15 is 0 Å². The monoisotopic (exact) mass is 475 g/mol. The highest BCUT2D eigenvalue weighted by molar-refractivity contribution is 7.89. The first kappa shape index (κ1) is 22.0. The van der Waals surface area contributed by atoms with Gasteiger partial charge in [0, 0.05) is 29.7 Å². The Morgan fingerprint density at radius 3 is 2.65 bits per heavy atom. The molecule has 162 valence electrons. The molecular weight excluding hydrogens is 454 g/mol. The lowest BCUT2D eigenvalue weighted by Crippen LogP contribution is -2.35. The minimum Gasteiger partial charge on any atom is -0.326 e. The van der Waals surface area contributed by atoms with Crippen LogP contribution in [0, 0.1) is 0 Å². The largest absolute Gasteiger partial charge is 0.326 e. The first-order valence-corrected chi connectivity index (χ1v) is 12.7. The van der Waals surface area contributed by atoms with Crippen molar-refractivity contribution >= 4 is 44.6 Å². The number of piperidine rings is 1. The molecule has 0 saturated carbocycles. The minimum atomic E-state index is -3.55. The number of hydrogen-bond donors (Lipinski definition) is 1. The molecule has 0 atom stereocenters. The van der Waals surface area contributed by atoms with Crippen LogP contribution >= 0.6 is 22.9 Å². The number of benzene rings is 2. The zero-order valence-electron chi connectivity index (χ0n) is 16.8. The lowest BCUT2D eigenvalue weighted by molar-refractivity contribution is -0.115. The molecule has 1 fully saturated rings. The SMILES string of the molecule is O=C(Cc1csc(-c2ccccc2Cl)n1)Nc1cccc(S(=O)(=O)N2CCCCC2)c1. The number of nitrogens with zero attached hydrogens (tertiary/aromatic N) is 2. The average Bonchev–Trinajstić information content (AvgIpc) is 3.23. The van der Waals surface area contributed by atoms with Crippen molar-refractivity contribution in [1.29, 1.82) is 0 Å². The predicted octanol–water partition coefficient (Wildman–Crippen LogP) is 4.82. The highest BCUT2D eigenvalue weighted by atomic mass is 35.5. The van der Waals surface area contributed by atoms with E-state index in [0.29, 0.717) is 29.5 Å². The molecule has 31 heavy (non-hydrogen) atoms. The first-order chi connectivity index (χ1) is 14.9.